The molecular weight excluding hydrogens is 262 g/mol. The maximum Gasteiger partial charge on any atom is 0.226 e. The van der Waals surface area contributed by atoms with Crippen molar-refractivity contribution in [3.63, 3.8) is 0 Å². The number of nitrogens with one attached hydrogen (secondary N) is 2. The Balaban J connectivity index is 2.05. The predicted molar refractivity (Wildman–Crippen MR) is 74.9 cm³/mol. The van der Waals surface area contributed by atoms with Crippen LogP contribution in [0.15, 0.2) is 24.3 Å². The number of benzene rings is 1. The number of thiazole rings is 1. The summed E-state index contributed by atoms with van der Waals surface area (Å²) in [4.78, 5) is 17.1. The molecule has 0 fully saturated rings. The number of hydrogen-bond donors (Lipinski definition) is 3. The Kier molecular flexibility index (Phi) is 2.87. The molecule has 98 valence electrons. The van der Waals surface area contributed by atoms with E-state index in [-0.39, 0.29) is 17.6 Å². The number of rotatable bonds is 2. The average Bonchev–Trinajstić information content (AvgIpc) is 2.81. The number of nitrogens with zero attached hydrogens (tertiary/aromatic N) is 1. The first-order valence-electron chi connectivity index (χ1n) is 5.94. The second kappa shape index (κ2) is 4.55. The molecule has 5 nitrogen and oxygen atoms in total. The first-order valence-corrected chi connectivity index (χ1v) is 6.76. The van der Waals surface area contributed by atoms with E-state index in [0.29, 0.717) is 12.2 Å². The van der Waals surface area contributed by atoms with Crippen LogP contribution >= 0.6 is 11.3 Å². The van der Waals surface area contributed by atoms with Crippen molar-refractivity contribution in [2.75, 3.05) is 17.7 Å². The maximum absolute atomic E-state index is 11.8. The summed E-state index contributed by atoms with van der Waals surface area (Å²) in [5, 5.41) is 15.9. The van der Waals surface area contributed by atoms with Crippen LogP contribution in [0.2, 0.25) is 0 Å². The molecule has 0 spiro atoms. The van der Waals surface area contributed by atoms with Crippen LogP contribution < -0.4 is 10.6 Å². The molecule has 0 radical (unpaired) electrons. The monoisotopic (exact) mass is 275 g/mol. The molecule has 0 saturated carbocycles. The van der Waals surface area contributed by atoms with Gasteiger partial charge in [-0.2, -0.15) is 0 Å². The topological polar surface area (TPSA) is 74.2 Å². The van der Waals surface area contributed by atoms with Crippen LogP contribution in [0.4, 0.5) is 10.9 Å². The van der Waals surface area contributed by atoms with Crippen molar-refractivity contribution in [1.29, 1.82) is 0 Å². The molecule has 2 heterocycles. The Bertz CT molecular complexity index is 621. The summed E-state index contributed by atoms with van der Waals surface area (Å²) in [7, 11) is 1.81. The third-order valence-electron chi connectivity index (χ3n) is 3.13. The molecule has 6 heteroatoms. The van der Waals surface area contributed by atoms with E-state index in [9.17, 15) is 9.90 Å². The van der Waals surface area contributed by atoms with E-state index in [1.165, 1.54) is 0 Å². The minimum absolute atomic E-state index is 0.00366. The van der Waals surface area contributed by atoms with Gasteiger partial charge in [-0.1, -0.05) is 23.5 Å². The molecule has 1 aromatic heterocycles. The second-order valence-electron chi connectivity index (χ2n) is 4.38. The van der Waals surface area contributed by atoms with Gasteiger partial charge in [-0.05, 0) is 17.7 Å². The largest absolute Gasteiger partial charge is 0.508 e. The molecule has 3 N–H and O–H groups in total. The van der Waals surface area contributed by atoms with Crippen LogP contribution in [-0.2, 0) is 4.79 Å². The zero-order valence-corrected chi connectivity index (χ0v) is 11.1. The van der Waals surface area contributed by atoms with Gasteiger partial charge in [0.05, 0.1) is 4.88 Å². The Morgan fingerprint density at radius 3 is 2.84 bits per heavy atom. The number of carbonyl (C=O) groups excluding carboxylic acids is 1. The second-order valence-corrected chi connectivity index (χ2v) is 5.41. The summed E-state index contributed by atoms with van der Waals surface area (Å²) in [6.07, 6.45) is 0.406. The molecule has 3 rings (SSSR count). The van der Waals surface area contributed by atoms with Crippen molar-refractivity contribution < 1.29 is 9.90 Å². The van der Waals surface area contributed by atoms with E-state index >= 15 is 0 Å². The van der Waals surface area contributed by atoms with Crippen LogP contribution in [-0.4, -0.2) is 23.0 Å². The first-order chi connectivity index (χ1) is 9.17. The Morgan fingerprint density at radius 1 is 1.42 bits per heavy atom. The molecule has 19 heavy (non-hydrogen) atoms. The van der Waals surface area contributed by atoms with Crippen molar-refractivity contribution in [3.05, 3.63) is 34.7 Å². The van der Waals surface area contributed by atoms with E-state index in [1.807, 2.05) is 19.2 Å². The van der Waals surface area contributed by atoms with Crippen molar-refractivity contribution in [2.24, 2.45) is 0 Å². The molecule has 1 amide bonds. The summed E-state index contributed by atoms with van der Waals surface area (Å²) >= 11 is 1.55. The highest BCUT2D eigenvalue weighted by Gasteiger charge is 2.30. The van der Waals surface area contributed by atoms with Crippen LogP contribution in [0, 0.1) is 0 Å². The van der Waals surface area contributed by atoms with Crippen LogP contribution in [0.5, 0.6) is 5.75 Å². The number of amides is 1. The van der Waals surface area contributed by atoms with Gasteiger partial charge in [-0.15, -0.1) is 0 Å². The van der Waals surface area contributed by atoms with Gasteiger partial charge in [0.15, 0.2) is 5.13 Å². The van der Waals surface area contributed by atoms with Gasteiger partial charge in [-0.25, -0.2) is 4.98 Å². The molecule has 0 bridgehead atoms. The summed E-state index contributed by atoms with van der Waals surface area (Å²) < 4.78 is 0. The fourth-order valence-corrected chi connectivity index (χ4v) is 3.20. The molecule has 1 aromatic carbocycles. The highest BCUT2D eigenvalue weighted by atomic mass is 32.1. The Hall–Kier alpha value is -2.08. The van der Waals surface area contributed by atoms with Gasteiger partial charge >= 0.3 is 0 Å². The van der Waals surface area contributed by atoms with Gasteiger partial charge in [0, 0.05) is 19.4 Å². The Morgan fingerprint density at radius 2 is 2.16 bits per heavy atom. The molecule has 0 saturated heterocycles. The van der Waals surface area contributed by atoms with Gasteiger partial charge in [0.2, 0.25) is 5.91 Å². The molecule has 1 atom stereocenters. The minimum atomic E-state index is -0.0291. The van der Waals surface area contributed by atoms with Crippen molar-refractivity contribution in [3.8, 4) is 5.75 Å². The number of phenolic OH excluding ortho intramolecular Hbond substituents is 1. The number of fused-ring (bicyclic) bond motifs is 1. The Labute approximate surface area is 114 Å². The summed E-state index contributed by atoms with van der Waals surface area (Å²) in [6, 6.07) is 6.98. The minimum Gasteiger partial charge on any atom is -0.508 e. The van der Waals surface area contributed by atoms with Gasteiger partial charge in [-0.3, -0.25) is 4.79 Å². The quantitative estimate of drug-likeness (QED) is 0.786. The summed E-state index contributed by atoms with van der Waals surface area (Å²) in [5.74, 6) is 0.843. The van der Waals surface area contributed by atoms with Crippen LogP contribution in [0.3, 0.4) is 0 Å². The zero-order valence-electron chi connectivity index (χ0n) is 10.3. The van der Waals surface area contributed by atoms with Gasteiger partial charge in [0.25, 0.3) is 0 Å². The number of aromatic nitrogens is 1. The fraction of sp³-hybridized carbons (Fsp3) is 0.231. The van der Waals surface area contributed by atoms with Crippen molar-refractivity contribution in [1.82, 2.24) is 4.98 Å². The molecular formula is C13H13N3O2S. The predicted octanol–water partition coefficient (Wildman–Crippen LogP) is 2.36. The number of carbonyl (C=O) groups is 1. The standard InChI is InChI=1S/C13H13N3O2S/c1-14-13-16-12-11(19-13)9(6-10(18)15-12)7-2-4-8(17)5-3-7/h2-5,9,17H,6H2,1H3,(H,14,16)(H,15,18)/t9-/m1/s1. The highest BCUT2D eigenvalue weighted by Crippen LogP contribution is 2.42. The third-order valence-corrected chi connectivity index (χ3v) is 4.31. The average molecular weight is 275 g/mol. The SMILES string of the molecule is CNc1nc2c(s1)[C@@H](c1ccc(O)cc1)CC(=O)N2. The highest BCUT2D eigenvalue weighted by molar-refractivity contribution is 7.16. The maximum atomic E-state index is 11.8. The summed E-state index contributed by atoms with van der Waals surface area (Å²) in [6.45, 7) is 0. The lowest BCUT2D eigenvalue weighted by Crippen LogP contribution is -2.22. The number of hydrogen-bond acceptors (Lipinski definition) is 5. The van der Waals surface area contributed by atoms with Crippen molar-refractivity contribution >= 4 is 28.2 Å². The lowest BCUT2D eigenvalue weighted by Gasteiger charge is -2.21. The number of anilines is 2. The van der Waals surface area contributed by atoms with Gasteiger partial charge in [0.1, 0.15) is 11.6 Å². The molecule has 0 aliphatic carbocycles. The lowest BCUT2D eigenvalue weighted by molar-refractivity contribution is -0.116. The smallest absolute Gasteiger partial charge is 0.226 e. The first kappa shape index (κ1) is 12.0. The summed E-state index contributed by atoms with van der Waals surface area (Å²) in [5.41, 5.74) is 1.01. The zero-order chi connectivity index (χ0) is 13.4. The number of phenols is 1. The molecule has 1 aliphatic heterocycles. The molecule has 2 aromatic rings. The molecule has 1 aliphatic rings. The third kappa shape index (κ3) is 2.15. The van der Waals surface area contributed by atoms with Crippen LogP contribution in [0.25, 0.3) is 0 Å². The normalized spacial score (nSPS) is 17.7. The van der Waals surface area contributed by atoms with Crippen molar-refractivity contribution in [2.45, 2.75) is 12.3 Å². The number of aromatic hydroxyl groups is 1. The fourth-order valence-electron chi connectivity index (χ4n) is 2.20. The lowest BCUT2D eigenvalue weighted by atomic mass is 9.91. The van der Waals surface area contributed by atoms with E-state index in [0.717, 1.165) is 15.6 Å². The van der Waals surface area contributed by atoms with E-state index in [1.54, 1.807) is 23.5 Å². The van der Waals surface area contributed by atoms with E-state index in [2.05, 4.69) is 15.6 Å². The molecule has 0 unspecified atom stereocenters. The van der Waals surface area contributed by atoms with Gasteiger partial charge < -0.3 is 15.7 Å². The van der Waals surface area contributed by atoms with E-state index < -0.39 is 0 Å². The van der Waals surface area contributed by atoms with Crippen LogP contribution in [0.1, 0.15) is 22.8 Å². The van der Waals surface area contributed by atoms with E-state index in [4.69, 9.17) is 0 Å².